The molecule has 0 radical (unpaired) electrons. The number of nitro benzene ring substituents is 1. The number of primary sulfonamides is 1. The summed E-state index contributed by atoms with van der Waals surface area (Å²) in [5, 5.41) is 30.0. The highest BCUT2D eigenvalue weighted by Crippen LogP contribution is 2.33. The largest absolute Gasteiger partial charge is 0.384 e. The fourth-order valence-electron chi connectivity index (χ4n) is 2.34. The van der Waals surface area contributed by atoms with E-state index >= 15 is 0 Å². The average molecular weight is 386 g/mol. The highest BCUT2D eigenvalue weighted by molar-refractivity contribution is 7.89. The molecule has 0 amide bonds. The van der Waals surface area contributed by atoms with E-state index in [9.17, 15) is 23.6 Å². The van der Waals surface area contributed by atoms with Crippen LogP contribution in [0.25, 0.3) is 0 Å². The Morgan fingerprint density at radius 3 is 2.48 bits per heavy atom. The van der Waals surface area contributed by atoms with Gasteiger partial charge in [0.05, 0.1) is 4.92 Å². The van der Waals surface area contributed by atoms with Gasteiger partial charge in [-0.2, -0.15) is 0 Å². The van der Waals surface area contributed by atoms with E-state index in [1.54, 1.807) is 24.3 Å². The van der Waals surface area contributed by atoms with Gasteiger partial charge >= 0.3 is 5.69 Å². The Morgan fingerprint density at radius 2 is 1.92 bits per heavy atom. The minimum absolute atomic E-state index is 0.0798. The number of benzene rings is 2. The molecule has 0 heterocycles. The van der Waals surface area contributed by atoms with Crippen LogP contribution < -0.4 is 10.5 Å². The van der Waals surface area contributed by atoms with Crippen molar-refractivity contribution >= 4 is 33.0 Å². The molecule has 0 aliphatic rings. The maximum absolute atomic E-state index is 11.6. The quantitative estimate of drug-likeness (QED) is 0.515. The topological polar surface area (TPSA) is 136 Å². The van der Waals surface area contributed by atoms with Gasteiger partial charge in [-0.25, -0.2) is 13.6 Å². The second kappa shape index (κ2) is 6.96. The van der Waals surface area contributed by atoms with E-state index in [1.807, 2.05) is 0 Å². The Kier molecular flexibility index (Phi) is 5.33. The van der Waals surface area contributed by atoms with Crippen molar-refractivity contribution < 1.29 is 18.4 Å². The van der Waals surface area contributed by atoms with Crippen LogP contribution in [-0.4, -0.2) is 25.0 Å². The molecule has 0 aliphatic carbocycles. The van der Waals surface area contributed by atoms with Crippen LogP contribution in [0.2, 0.25) is 5.02 Å². The van der Waals surface area contributed by atoms with Crippen molar-refractivity contribution in [3.63, 3.8) is 0 Å². The number of para-hydroxylation sites is 1. The lowest BCUT2D eigenvalue weighted by atomic mass is 9.96. The molecule has 0 fully saturated rings. The Morgan fingerprint density at radius 1 is 1.28 bits per heavy atom. The lowest BCUT2D eigenvalue weighted by Gasteiger charge is -2.25. The average Bonchev–Trinajstić information content (AvgIpc) is 2.52. The SMILES string of the molecule is CC(O)(CNc1cccc(S(N)(=O)=O)c1[N+](=O)[O-])c1ccccc1Cl. The predicted molar refractivity (Wildman–Crippen MR) is 94.0 cm³/mol. The standard InChI is InChI=1S/C15H16ClN3O5S/c1-15(20,10-5-2-3-6-11(10)16)9-18-12-7-4-8-13(25(17,23)24)14(12)19(21)22/h2-8,18,20H,9H2,1H3,(H2,17,23,24). The molecule has 2 rings (SSSR count). The Labute approximate surface area is 149 Å². The van der Waals surface area contributed by atoms with Gasteiger partial charge < -0.3 is 10.4 Å². The van der Waals surface area contributed by atoms with Gasteiger partial charge in [0.15, 0.2) is 4.90 Å². The van der Waals surface area contributed by atoms with Crippen LogP contribution in [0, 0.1) is 10.1 Å². The van der Waals surface area contributed by atoms with E-state index in [0.717, 1.165) is 6.07 Å². The summed E-state index contributed by atoms with van der Waals surface area (Å²) in [5.41, 5.74) is -1.79. The number of nitrogens with zero attached hydrogens (tertiary/aromatic N) is 1. The molecule has 0 spiro atoms. The third-order valence-corrected chi connectivity index (χ3v) is 4.84. The lowest BCUT2D eigenvalue weighted by molar-refractivity contribution is -0.386. The first kappa shape index (κ1) is 19.1. The molecule has 0 aliphatic heterocycles. The zero-order chi connectivity index (χ0) is 18.8. The monoisotopic (exact) mass is 385 g/mol. The van der Waals surface area contributed by atoms with Crippen molar-refractivity contribution in [2.24, 2.45) is 5.14 Å². The van der Waals surface area contributed by atoms with Crippen LogP contribution in [0.15, 0.2) is 47.4 Å². The summed E-state index contributed by atoms with van der Waals surface area (Å²) in [6.07, 6.45) is 0. The maximum Gasteiger partial charge on any atom is 0.312 e. The molecule has 10 heteroatoms. The fourth-order valence-corrected chi connectivity index (χ4v) is 3.40. The lowest BCUT2D eigenvalue weighted by Crippen LogP contribution is -2.31. The number of sulfonamides is 1. The molecule has 1 unspecified atom stereocenters. The predicted octanol–water partition coefficient (Wildman–Crippen LogP) is 2.22. The zero-order valence-electron chi connectivity index (χ0n) is 13.1. The summed E-state index contributed by atoms with van der Waals surface area (Å²) in [5.74, 6) is 0. The van der Waals surface area contributed by atoms with Gasteiger partial charge in [0.1, 0.15) is 11.3 Å². The molecule has 4 N–H and O–H groups in total. The van der Waals surface area contributed by atoms with Gasteiger partial charge in [-0.3, -0.25) is 10.1 Å². The van der Waals surface area contributed by atoms with Crippen molar-refractivity contribution in [1.82, 2.24) is 0 Å². The first-order valence-electron chi connectivity index (χ1n) is 7.05. The Bertz CT molecular complexity index is 915. The number of rotatable bonds is 6. The van der Waals surface area contributed by atoms with Crippen LogP contribution in [0.4, 0.5) is 11.4 Å². The molecule has 25 heavy (non-hydrogen) atoms. The van der Waals surface area contributed by atoms with Crippen LogP contribution >= 0.6 is 11.6 Å². The molecule has 8 nitrogen and oxygen atoms in total. The highest BCUT2D eigenvalue weighted by atomic mass is 35.5. The second-order valence-electron chi connectivity index (χ2n) is 5.56. The van der Waals surface area contributed by atoms with Crippen LogP contribution in [0.5, 0.6) is 0 Å². The van der Waals surface area contributed by atoms with E-state index in [-0.39, 0.29) is 12.2 Å². The third-order valence-electron chi connectivity index (χ3n) is 3.57. The van der Waals surface area contributed by atoms with Crippen molar-refractivity contribution in [3.8, 4) is 0 Å². The zero-order valence-corrected chi connectivity index (χ0v) is 14.7. The normalized spacial score (nSPS) is 13.9. The molecule has 0 bridgehead atoms. The van der Waals surface area contributed by atoms with Gasteiger partial charge in [-0.05, 0) is 25.1 Å². The maximum atomic E-state index is 11.6. The summed E-state index contributed by atoms with van der Waals surface area (Å²) < 4.78 is 23.1. The fraction of sp³-hybridized carbons (Fsp3) is 0.200. The highest BCUT2D eigenvalue weighted by Gasteiger charge is 2.30. The van der Waals surface area contributed by atoms with E-state index in [4.69, 9.17) is 16.7 Å². The van der Waals surface area contributed by atoms with Crippen LogP contribution in [0.1, 0.15) is 12.5 Å². The first-order chi connectivity index (χ1) is 11.5. The molecular formula is C15H16ClN3O5S. The van der Waals surface area contributed by atoms with E-state index in [2.05, 4.69) is 5.32 Å². The summed E-state index contributed by atoms with van der Waals surface area (Å²) in [6, 6.07) is 10.3. The number of hydrogen-bond donors (Lipinski definition) is 3. The molecule has 0 aromatic heterocycles. The second-order valence-corrected chi connectivity index (χ2v) is 7.50. The van der Waals surface area contributed by atoms with Crippen molar-refractivity contribution in [3.05, 3.63) is 63.2 Å². The number of anilines is 1. The number of hydrogen-bond acceptors (Lipinski definition) is 6. The molecule has 1 atom stereocenters. The summed E-state index contributed by atoms with van der Waals surface area (Å²) >= 11 is 6.07. The van der Waals surface area contributed by atoms with Crippen molar-refractivity contribution in [2.45, 2.75) is 17.4 Å². The molecule has 134 valence electrons. The summed E-state index contributed by atoms with van der Waals surface area (Å²) in [7, 11) is -4.28. The third kappa shape index (κ3) is 4.26. The first-order valence-corrected chi connectivity index (χ1v) is 8.98. The van der Waals surface area contributed by atoms with E-state index in [0.29, 0.717) is 10.6 Å². The smallest absolute Gasteiger partial charge is 0.312 e. The van der Waals surface area contributed by atoms with E-state index < -0.39 is 31.1 Å². The van der Waals surface area contributed by atoms with Crippen molar-refractivity contribution in [1.29, 1.82) is 0 Å². The minimum Gasteiger partial charge on any atom is -0.384 e. The molecule has 0 saturated heterocycles. The summed E-state index contributed by atoms with van der Waals surface area (Å²) in [6.45, 7) is 1.34. The molecule has 0 saturated carbocycles. The Hall–Kier alpha value is -2.20. The summed E-state index contributed by atoms with van der Waals surface area (Å²) in [4.78, 5) is 9.85. The van der Waals surface area contributed by atoms with Crippen LogP contribution in [0.3, 0.4) is 0 Å². The van der Waals surface area contributed by atoms with Gasteiger partial charge in [0.2, 0.25) is 10.0 Å². The molecule has 2 aromatic carbocycles. The van der Waals surface area contributed by atoms with Gasteiger partial charge in [-0.1, -0.05) is 35.9 Å². The number of aliphatic hydroxyl groups is 1. The van der Waals surface area contributed by atoms with Crippen LogP contribution in [-0.2, 0) is 15.6 Å². The molecular weight excluding hydrogens is 370 g/mol. The number of nitrogens with one attached hydrogen (secondary N) is 1. The number of nitrogens with two attached hydrogens (primary N) is 1. The van der Waals surface area contributed by atoms with E-state index in [1.165, 1.54) is 19.1 Å². The van der Waals surface area contributed by atoms with Crippen molar-refractivity contribution in [2.75, 3.05) is 11.9 Å². The Balaban J connectivity index is 2.39. The number of halogens is 1. The van der Waals surface area contributed by atoms with Gasteiger partial charge in [0, 0.05) is 17.1 Å². The molecule has 2 aromatic rings. The minimum atomic E-state index is -4.28. The van der Waals surface area contributed by atoms with Gasteiger partial charge in [0.25, 0.3) is 0 Å². The van der Waals surface area contributed by atoms with Gasteiger partial charge in [-0.15, -0.1) is 0 Å². The number of nitro groups is 1.